The van der Waals surface area contributed by atoms with Crippen LogP contribution in [0.1, 0.15) is 67.0 Å². The van der Waals surface area contributed by atoms with E-state index in [2.05, 4.69) is 27.3 Å². The number of hydrogen-bond donors (Lipinski definition) is 1. The van der Waals surface area contributed by atoms with Crippen molar-refractivity contribution in [3.8, 4) is 0 Å². The number of aryl methyl sites for hydroxylation is 1. The van der Waals surface area contributed by atoms with Gasteiger partial charge in [-0.15, -0.1) is 16.4 Å². The molecule has 0 bridgehead atoms. The third-order valence-electron chi connectivity index (χ3n) is 4.87. The summed E-state index contributed by atoms with van der Waals surface area (Å²) in [4.78, 5) is 23.9. The molecule has 0 aliphatic heterocycles. The summed E-state index contributed by atoms with van der Waals surface area (Å²) in [6, 6.07) is 0.108. The lowest BCUT2D eigenvalue weighted by Crippen LogP contribution is -2.32. The van der Waals surface area contributed by atoms with Gasteiger partial charge >= 0.3 is 0 Å². The molecule has 0 radical (unpaired) electrons. The Labute approximate surface area is 144 Å². The van der Waals surface area contributed by atoms with Gasteiger partial charge in [-0.1, -0.05) is 13.8 Å². The molecule has 2 atom stereocenters. The summed E-state index contributed by atoms with van der Waals surface area (Å²) < 4.78 is 1.64. The Balaban J connectivity index is 1.86. The van der Waals surface area contributed by atoms with Crippen LogP contribution in [0.2, 0.25) is 0 Å². The van der Waals surface area contributed by atoms with Gasteiger partial charge in [-0.25, -0.2) is 14.5 Å². The third-order valence-corrected chi connectivity index (χ3v) is 6.04. The number of amides is 1. The average molecular weight is 343 g/mol. The molecule has 1 aliphatic carbocycles. The van der Waals surface area contributed by atoms with E-state index in [4.69, 9.17) is 0 Å². The van der Waals surface area contributed by atoms with Gasteiger partial charge in [-0.3, -0.25) is 4.79 Å². The number of fused-ring (bicyclic) bond motifs is 5. The van der Waals surface area contributed by atoms with Crippen LogP contribution in [0.15, 0.2) is 6.33 Å². The Morgan fingerprint density at radius 3 is 3.17 bits per heavy atom. The minimum atomic E-state index is -0.224. The van der Waals surface area contributed by atoms with Gasteiger partial charge in [-0.2, -0.15) is 0 Å². The first kappa shape index (κ1) is 15.5. The lowest BCUT2D eigenvalue weighted by Gasteiger charge is -2.18. The van der Waals surface area contributed by atoms with E-state index in [-0.39, 0.29) is 17.8 Å². The number of nitrogens with zero attached hydrogens (tertiary/aromatic N) is 4. The molecule has 1 aliphatic rings. The van der Waals surface area contributed by atoms with Crippen molar-refractivity contribution in [1.29, 1.82) is 0 Å². The van der Waals surface area contributed by atoms with E-state index in [0.29, 0.717) is 5.92 Å². The quantitative estimate of drug-likeness (QED) is 0.792. The van der Waals surface area contributed by atoms with Gasteiger partial charge in [0.05, 0.1) is 5.39 Å². The summed E-state index contributed by atoms with van der Waals surface area (Å²) in [6.45, 7) is 6.28. The first-order chi connectivity index (χ1) is 11.6. The van der Waals surface area contributed by atoms with Gasteiger partial charge in [-0.05, 0) is 44.1 Å². The molecule has 0 unspecified atom stereocenters. The predicted octanol–water partition coefficient (Wildman–Crippen LogP) is 3.31. The first-order valence-electron chi connectivity index (χ1n) is 8.56. The van der Waals surface area contributed by atoms with Crippen LogP contribution in [0, 0.1) is 0 Å². The van der Waals surface area contributed by atoms with Crippen molar-refractivity contribution in [2.75, 3.05) is 0 Å². The van der Waals surface area contributed by atoms with Crippen LogP contribution in [0.25, 0.3) is 15.9 Å². The number of aromatic nitrogens is 4. The van der Waals surface area contributed by atoms with Gasteiger partial charge in [0.2, 0.25) is 5.82 Å². The number of carbonyl (C=O) groups is 1. The average Bonchev–Trinajstić information content (AvgIpc) is 3.15. The fourth-order valence-corrected chi connectivity index (χ4v) is 4.67. The van der Waals surface area contributed by atoms with Crippen LogP contribution in [0.4, 0.5) is 0 Å². The summed E-state index contributed by atoms with van der Waals surface area (Å²) >= 11 is 1.76. The third kappa shape index (κ3) is 2.38. The molecule has 0 fully saturated rings. The van der Waals surface area contributed by atoms with Crippen molar-refractivity contribution in [2.24, 2.45) is 0 Å². The van der Waals surface area contributed by atoms with Crippen LogP contribution in [0.5, 0.6) is 0 Å². The highest BCUT2D eigenvalue weighted by Crippen LogP contribution is 2.42. The van der Waals surface area contributed by atoms with Crippen LogP contribution in [0.3, 0.4) is 0 Å². The van der Waals surface area contributed by atoms with Crippen LogP contribution in [-0.4, -0.2) is 31.5 Å². The Bertz CT molecular complexity index is 928. The maximum absolute atomic E-state index is 12.3. The van der Waals surface area contributed by atoms with Gasteiger partial charge in [0, 0.05) is 10.9 Å². The van der Waals surface area contributed by atoms with Crippen molar-refractivity contribution >= 4 is 33.1 Å². The summed E-state index contributed by atoms with van der Waals surface area (Å²) in [5.74, 6) is 0.496. The maximum Gasteiger partial charge on any atom is 0.291 e. The largest absolute Gasteiger partial charge is 0.347 e. The predicted molar refractivity (Wildman–Crippen MR) is 94.7 cm³/mol. The molecule has 6 nitrogen and oxygen atoms in total. The molecular formula is C17H21N5OS. The van der Waals surface area contributed by atoms with Crippen molar-refractivity contribution in [2.45, 2.75) is 58.4 Å². The number of rotatable bonds is 3. The van der Waals surface area contributed by atoms with Crippen molar-refractivity contribution in [1.82, 2.24) is 24.9 Å². The highest BCUT2D eigenvalue weighted by Gasteiger charge is 2.26. The van der Waals surface area contributed by atoms with Crippen molar-refractivity contribution in [3.63, 3.8) is 0 Å². The Kier molecular flexibility index (Phi) is 3.75. The Morgan fingerprint density at radius 1 is 1.54 bits per heavy atom. The second kappa shape index (κ2) is 5.81. The molecule has 0 saturated carbocycles. The monoisotopic (exact) mass is 343 g/mol. The van der Waals surface area contributed by atoms with E-state index in [0.717, 1.165) is 28.7 Å². The lowest BCUT2D eigenvalue weighted by molar-refractivity contribution is 0.0929. The van der Waals surface area contributed by atoms with E-state index >= 15 is 0 Å². The lowest BCUT2D eigenvalue weighted by atomic mass is 9.87. The highest BCUT2D eigenvalue weighted by molar-refractivity contribution is 7.19. The molecular weight excluding hydrogens is 322 g/mol. The summed E-state index contributed by atoms with van der Waals surface area (Å²) in [7, 11) is 0. The van der Waals surface area contributed by atoms with E-state index in [1.54, 1.807) is 22.2 Å². The van der Waals surface area contributed by atoms with E-state index in [1.165, 1.54) is 23.3 Å². The SMILES string of the molecule is CC[C@H](C)NC(=O)c1nc2c3c4c(sc3ncn2n1)CCC[C@H]4C. The van der Waals surface area contributed by atoms with Gasteiger partial charge in [0.1, 0.15) is 11.2 Å². The second-order valence-electron chi connectivity index (χ2n) is 6.64. The smallest absolute Gasteiger partial charge is 0.291 e. The van der Waals surface area contributed by atoms with E-state index in [1.807, 2.05) is 13.8 Å². The van der Waals surface area contributed by atoms with Gasteiger partial charge in [0.25, 0.3) is 5.91 Å². The molecule has 0 saturated heterocycles. The fourth-order valence-electron chi connectivity index (χ4n) is 3.37. The Hall–Kier alpha value is -2.02. The molecule has 3 heterocycles. The van der Waals surface area contributed by atoms with E-state index < -0.39 is 0 Å². The maximum atomic E-state index is 12.3. The van der Waals surface area contributed by atoms with Crippen molar-refractivity contribution in [3.05, 3.63) is 22.6 Å². The highest BCUT2D eigenvalue weighted by atomic mass is 32.1. The Morgan fingerprint density at radius 2 is 2.38 bits per heavy atom. The van der Waals surface area contributed by atoms with Gasteiger partial charge in [0.15, 0.2) is 5.65 Å². The molecule has 0 spiro atoms. The summed E-state index contributed by atoms with van der Waals surface area (Å²) in [5.41, 5.74) is 2.11. The topological polar surface area (TPSA) is 72.2 Å². The zero-order valence-corrected chi connectivity index (χ0v) is 15.0. The zero-order valence-electron chi connectivity index (χ0n) is 14.2. The van der Waals surface area contributed by atoms with Crippen LogP contribution >= 0.6 is 11.3 Å². The number of hydrogen-bond acceptors (Lipinski definition) is 5. The number of thiophene rings is 1. The molecule has 1 amide bonds. The van der Waals surface area contributed by atoms with Crippen molar-refractivity contribution < 1.29 is 4.79 Å². The number of nitrogens with one attached hydrogen (secondary N) is 1. The van der Waals surface area contributed by atoms with Gasteiger partial charge < -0.3 is 5.32 Å². The standard InChI is InChI=1S/C17H21N5OS/c1-4-10(3)19-16(23)14-20-15-13-12-9(2)6-5-7-11(12)24-17(13)18-8-22(15)21-14/h8-10H,4-7H2,1-3H3,(H,19,23)/t9-,10+/m1/s1. The molecule has 1 N–H and O–H groups in total. The molecule has 7 heteroatoms. The molecule has 4 rings (SSSR count). The molecule has 0 aromatic carbocycles. The zero-order chi connectivity index (χ0) is 16.8. The molecule has 126 valence electrons. The molecule has 3 aromatic heterocycles. The van der Waals surface area contributed by atoms with E-state index in [9.17, 15) is 4.79 Å². The van der Waals surface area contributed by atoms with Crippen LogP contribution < -0.4 is 5.32 Å². The summed E-state index contributed by atoms with van der Waals surface area (Å²) in [5, 5.41) is 8.35. The minimum Gasteiger partial charge on any atom is -0.347 e. The number of carbonyl (C=O) groups excluding carboxylic acids is 1. The van der Waals surface area contributed by atoms with Crippen LogP contribution in [-0.2, 0) is 6.42 Å². The fraction of sp³-hybridized carbons (Fsp3) is 0.529. The molecule has 24 heavy (non-hydrogen) atoms. The minimum absolute atomic E-state index is 0.108. The summed E-state index contributed by atoms with van der Waals surface area (Å²) in [6.07, 6.45) is 6.07. The second-order valence-corrected chi connectivity index (χ2v) is 7.73. The first-order valence-corrected chi connectivity index (χ1v) is 9.37. The molecule has 3 aromatic rings. The normalized spacial score (nSPS) is 18.7.